The summed E-state index contributed by atoms with van der Waals surface area (Å²) in [7, 11) is -3.53. The minimum absolute atomic E-state index is 0.100. The highest BCUT2D eigenvalue weighted by atomic mass is 32.2. The molecule has 1 aromatic carbocycles. The van der Waals surface area contributed by atoms with Gasteiger partial charge in [0.15, 0.2) is 0 Å². The summed E-state index contributed by atoms with van der Waals surface area (Å²) in [5, 5.41) is 0. The molecule has 25 heavy (non-hydrogen) atoms. The smallest absolute Gasteiger partial charge is 0.254 e. The van der Waals surface area contributed by atoms with Gasteiger partial charge >= 0.3 is 0 Å². The van der Waals surface area contributed by atoms with Gasteiger partial charge in [-0.2, -0.15) is 4.31 Å². The molecule has 3 rings (SSSR count). The quantitative estimate of drug-likeness (QED) is 0.777. The molecule has 1 amide bonds. The van der Waals surface area contributed by atoms with E-state index in [0.29, 0.717) is 31.7 Å². The third kappa shape index (κ3) is 4.12. The molecule has 2 aliphatic rings. The number of nitrogens with zero attached hydrogens (tertiary/aromatic N) is 2. The topological polar surface area (TPSA) is 57.7 Å². The normalized spacial score (nSPS) is 20.0. The van der Waals surface area contributed by atoms with E-state index >= 15 is 0 Å². The molecule has 0 bridgehead atoms. The molecule has 5 nitrogen and oxygen atoms in total. The Labute approximate surface area is 150 Å². The van der Waals surface area contributed by atoms with Crippen LogP contribution in [0.4, 0.5) is 0 Å². The predicted octanol–water partition coefficient (Wildman–Crippen LogP) is 3.04. The van der Waals surface area contributed by atoms with Gasteiger partial charge in [0, 0.05) is 31.7 Å². The highest BCUT2D eigenvalue weighted by Crippen LogP contribution is 2.22. The molecule has 0 aromatic heterocycles. The SMILES string of the molecule is CC1=CCN(C(=O)c2cccc(S(=O)(=O)N3CCCCCC3)c2)CC1. The molecule has 0 N–H and O–H groups in total. The fraction of sp³-hybridized carbons (Fsp3) is 0.526. The van der Waals surface area contributed by atoms with E-state index in [-0.39, 0.29) is 10.8 Å². The highest BCUT2D eigenvalue weighted by molar-refractivity contribution is 7.89. The van der Waals surface area contributed by atoms with Crippen LogP contribution in [-0.2, 0) is 10.0 Å². The van der Waals surface area contributed by atoms with Crippen molar-refractivity contribution in [3.8, 4) is 0 Å². The van der Waals surface area contributed by atoms with Crippen LogP contribution in [0.5, 0.6) is 0 Å². The Kier molecular flexibility index (Phi) is 5.59. The molecular weight excluding hydrogens is 336 g/mol. The molecule has 0 unspecified atom stereocenters. The first-order chi connectivity index (χ1) is 12.0. The summed E-state index contributed by atoms with van der Waals surface area (Å²) in [6.45, 7) is 4.47. The zero-order valence-electron chi connectivity index (χ0n) is 14.8. The lowest BCUT2D eigenvalue weighted by Gasteiger charge is -2.26. The first kappa shape index (κ1) is 18.1. The van der Waals surface area contributed by atoms with Crippen LogP contribution in [-0.4, -0.2) is 49.7 Å². The molecular formula is C19H26N2O3S. The minimum Gasteiger partial charge on any atom is -0.335 e. The molecule has 0 saturated carbocycles. The van der Waals surface area contributed by atoms with Crippen molar-refractivity contribution in [1.29, 1.82) is 0 Å². The molecule has 0 aliphatic carbocycles. The van der Waals surface area contributed by atoms with E-state index in [1.807, 2.05) is 0 Å². The summed E-state index contributed by atoms with van der Waals surface area (Å²) in [6, 6.07) is 6.50. The summed E-state index contributed by atoms with van der Waals surface area (Å²) in [5.41, 5.74) is 1.74. The second-order valence-corrected chi connectivity index (χ2v) is 8.84. The molecule has 136 valence electrons. The highest BCUT2D eigenvalue weighted by Gasteiger charge is 2.26. The molecule has 0 radical (unpaired) electrons. The molecule has 1 aromatic rings. The molecule has 2 aliphatic heterocycles. The van der Waals surface area contributed by atoms with Gasteiger partial charge in [0.25, 0.3) is 5.91 Å². The standard InChI is InChI=1S/C19H26N2O3S/c1-16-9-13-20(14-10-16)19(22)17-7-6-8-18(15-17)25(23,24)21-11-4-2-3-5-12-21/h6-9,15H,2-5,10-14H2,1H3. The Balaban J connectivity index is 1.82. The maximum atomic E-state index is 12.9. The maximum absolute atomic E-state index is 12.9. The number of hydrogen-bond donors (Lipinski definition) is 0. The van der Waals surface area contributed by atoms with Crippen LogP contribution in [0, 0.1) is 0 Å². The van der Waals surface area contributed by atoms with Gasteiger partial charge in [0.2, 0.25) is 10.0 Å². The summed E-state index contributed by atoms with van der Waals surface area (Å²) < 4.78 is 27.4. The average Bonchev–Trinajstić information content (AvgIpc) is 2.92. The molecule has 0 atom stereocenters. The summed E-state index contributed by atoms with van der Waals surface area (Å²) >= 11 is 0. The first-order valence-corrected chi connectivity index (χ1v) is 10.5. The number of carbonyl (C=O) groups is 1. The van der Waals surface area contributed by atoms with Gasteiger partial charge in [-0.25, -0.2) is 8.42 Å². The molecule has 1 fully saturated rings. The monoisotopic (exact) mass is 362 g/mol. The summed E-state index contributed by atoms with van der Waals surface area (Å²) in [5.74, 6) is -0.100. The lowest BCUT2D eigenvalue weighted by Crippen LogP contribution is -2.35. The van der Waals surface area contributed by atoms with Crippen LogP contribution in [0.2, 0.25) is 0 Å². The average molecular weight is 362 g/mol. The van der Waals surface area contributed by atoms with Crippen molar-refractivity contribution in [2.45, 2.75) is 43.9 Å². The van der Waals surface area contributed by atoms with Crippen molar-refractivity contribution in [2.75, 3.05) is 26.2 Å². The van der Waals surface area contributed by atoms with Gasteiger partial charge < -0.3 is 4.90 Å². The first-order valence-electron chi connectivity index (χ1n) is 9.03. The van der Waals surface area contributed by atoms with E-state index < -0.39 is 10.0 Å². The number of hydrogen-bond acceptors (Lipinski definition) is 3. The van der Waals surface area contributed by atoms with E-state index in [9.17, 15) is 13.2 Å². The van der Waals surface area contributed by atoms with E-state index in [4.69, 9.17) is 0 Å². The van der Waals surface area contributed by atoms with Gasteiger partial charge in [0.05, 0.1) is 4.90 Å². The second kappa shape index (κ2) is 7.70. The van der Waals surface area contributed by atoms with Gasteiger partial charge in [-0.05, 0) is 44.4 Å². The minimum atomic E-state index is -3.53. The zero-order valence-corrected chi connectivity index (χ0v) is 15.6. The number of amides is 1. The number of sulfonamides is 1. The summed E-state index contributed by atoms with van der Waals surface area (Å²) in [6.07, 6.45) is 6.88. The van der Waals surface area contributed by atoms with Gasteiger partial charge in [-0.15, -0.1) is 0 Å². The van der Waals surface area contributed by atoms with Crippen LogP contribution in [0.3, 0.4) is 0 Å². The van der Waals surface area contributed by atoms with E-state index in [1.54, 1.807) is 27.4 Å². The Hall–Kier alpha value is -1.66. The molecule has 0 spiro atoms. The number of benzene rings is 1. The van der Waals surface area contributed by atoms with Crippen LogP contribution < -0.4 is 0 Å². The fourth-order valence-electron chi connectivity index (χ4n) is 3.36. The van der Waals surface area contributed by atoms with Crippen molar-refractivity contribution in [3.63, 3.8) is 0 Å². The lowest BCUT2D eigenvalue weighted by molar-refractivity contribution is 0.0769. The van der Waals surface area contributed by atoms with Crippen molar-refractivity contribution < 1.29 is 13.2 Å². The molecule has 1 saturated heterocycles. The number of rotatable bonds is 3. The molecule has 6 heteroatoms. The van der Waals surface area contributed by atoms with E-state index in [0.717, 1.165) is 32.1 Å². The Morgan fingerprint density at radius 1 is 1.04 bits per heavy atom. The fourth-order valence-corrected chi connectivity index (χ4v) is 4.92. The van der Waals surface area contributed by atoms with Gasteiger partial charge in [0.1, 0.15) is 0 Å². The van der Waals surface area contributed by atoms with Crippen LogP contribution in [0.1, 0.15) is 49.4 Å². The van der Waals surface area contributed by atoms with Crippen LogP contribution in [0.15, 0.2) is 40.8 Å². The number of carbonyl (C=O) groups excluding carboxylic acids is 1. The Morgan fingerprint density at radius 2 is 1.76 bits per heavy atom. The van der Waals surface area contributed by atoms with Gasteiger partial charge in [-0.3, -0.25) is 4.79 Å². The third-order valence-electron chi connectivity index (χ3n) is 5.01. The largest absolute Gasteiger partial charge is 0.335 e. The third-order valence-corrected chi connectivity index (χ3v) is 6.90. The van der Waals surface area contributed by atoms with Crippen molar-refractivity contribution in [3.05, 3.63) is 41.5 Å². The zero-order chi connectivity index (χ0) is 17.9. The van der Waals surface area contributed by atoms with Gasteiger partial charge in [-0.1, -0.05) is 30.6 Å². The predicted molar refractivity (Wildman–Crippen MR) is 97.9 cm³/mol. The Morgan fingerprint density at radius 3 is 2.40 bits per heavy atom. The van der Waals surface area contributed by atoms with Crippen molar-refractivity contribution in [1.82, 2.24) is 9.21 Å². The lowest BCUT2D eigenvalue weighted by atomic mass is 10.1. The summed E-state index contributed by atoms with van der Waals surface area (Å²) in [4.78, 5) is 14.7. The second-order valence-electron chi connectivity index (χ2n) is 6.90. The maximum Gasteiger partial charge on any atom is 0.254 e. The van der Waals surface area contributed by atoms with E-state index in [2.05, 4.69) is 13.0 Å². The van der Waals surface area contributed by atoms with Crippen LogP contribution in [0.25, 0.3) is 0 Å². The Bertz CT molecular complexity index is 763. The van der Waals surface area contributed by atoms with Crippen molar-refractivity contribution in [2.24, 2.45) is 0 Å². The van der Waals surface area contributed by atoms with Crippen molar-refractivity contribution >= 4 is 15.9 Å². The van der Waals surface area contributed by atoms with Crippen LogP contribution >= 0.6 is 0 Å². The molecule has 2 heterocycles. The van der Waals surface area contributed by atoms with E-state index in [1.165, 1.54) is 11.6 Å².